The molecule has 0 aromatic heterocycles. The molecule has 1 heterocycles. The van der Waals surface area contributed by atoms with Gasteiger partial charge in [-0.05, 0) is 13.8 Å². The van der Waals surface area contributed by atoms with Crippen LogP contribution < -0.4 is 5.32 Å². The molecule has 1 rings (SSSR count). The second-order valence-corrected chi connectivity index (χ2v) is 2.99. The SMILES string of the molecule is CC(C)NC1(C#N)COC1. The van der Waals surface area contributed by atoms with Gasteiger partial charge >= 0.3 is 0 Å². The molecule has 1 N–H and O–H groups in total. The van der Waals surface area contributed by atoms with Crippen LogP contribution in [0.15, 0.2) is 0 Å². The Bertz CT molecular complexity index is 155. The quantitative estimate of drug-likeness (QED) is 0.599. The van der Waals surface area contributed by atoms with Gasteiger partial charge in [-0.25, -0.2) is 0 Å². The molecule has 56 valence electrons. The zero-order valence-corrected chi connectivity index (χ0v) is 6.35. The molecule has 0 bridgehead atoms. The fourth-order valence-electron chi connectivity index (χ4n) is 1.04. The van der Waals surface area contributed by atoms with Gasteiger partial charge in [0, 0.05) is 6.04 Å². The maximum Gasteiger partial charge on any atom is 0.153 e. The molecule has 0 unspecified atom stereocenters. The van der Waals surface area contributed by atoms with E-state index in [9.17, 15) is 0 Å². The highest BCUT2D eigenvalue weighted by Crippen LogP contribution is 2.15. The Balaban J connectivity index is 2.43. The number of ether oxygens (including phenoxy) is 1. The summed E-state index contributed by atoms with van der Waals surface area (Å²) in [5, 5.41) is 11.8. The number of hydrogen-bond acceptors (Lipinski definition) is 3. The molecule has 0 aromatic carbocycles. The Morgan fingerprint density at radius 3 is 2.30 bits per heavy atom. The van der Waals surface area contributed by atoms with Crippen molar-refractivity contribution >= 4 is 0 Å². The van der Waals surface area contributed by atoms with Crippen molar-refractivity contribution in [3.8, 4) is 6.07 Å². The first-order valence-corrected chi connectivity index (χ1v) is 3.45. The summed E-state index contributed by atoms with van der Waals surface area (Å²) in [5.41, 5.74) is -0.381. The molecular weight excluding hydrogens is 128 g/mol. The molecule has 0 radical (unpaired) electrons. The summed E-state index contributed by atoms with van der Waals surface area (Å²) < 4.78 is 4.94. The molecule has 10 heavy (non-hydrogen) atoms. The molecule has 0 aliphatic carbocycles. The van der Waals surface area contributed by atoms with Crippen LogP contribution in [-0.4, -0.2) is 24.8 Å². The lowest BCUT2D eigenvalue weighted by Gasteiger charge is -2.37. The Morgan fingerprint density at radius 1 is 1.60 bits per heavy atom. The zero-order valence-electron chi connectivity index (χ0n) is 6.35. The minimum atomic E-state index is -0.381. The molecule has 0 amide bonds. The topological polar surface area (TPSA) is 45.0 Å². The predicted octanol–water partition coefficient (Wildman–Crippen LogP) is 0.277. The van der Waals surface area contributed by atoms with E-state index in [2.05, 4.69) is 11.4 Å². The molecule has 0 aromatic rings. The maximum atomic E-state index is 8.69. The van der Waals surface area contributed by atoms with Crippen LogP contribution in [0.4, 0.5) is 0 Å². The summed E-state index contributed by atoms with van der Waals surface area (Å²) in [6.07, 6.45) is 0. The number of hydrogen-bond donors (Lipinski definition) is 1. The van der Waals surface area contributed by atoms with Gasteiger partial charge < -0.3 is 4.74 Å². The highest BCUT2D eigenvalue weighted by Gasteiger charge is 2.38. The van der Waals surface area contributed by atoms with Crippen LogP contribution in [0.1, 0.15) is 13.8 Å². The van der Waals surface area contributed by atoms with Crippen LogP contribution >= 0.6 is 0 Å². The molecule has 0 atom stereocenters. The standard InChI is InChI=1S/C7H12N2O/c1-6(2)9-7(3-8)4-10-5-7/h6,9H,4-5H2,1-2H3. The minimum absolute atomic E-state index is 0.351. The summed E-state index contributed by atoms with van der Waals surface area (Å²) in [5.74, 6) is 0. The number of rotatable bonds is 2. The number of nitrogens with zero attached hydrogens (tertiary/aromatic N) is 1. The van der Waals surface area contributed by atoms with Gasteiger partial charge in [0.15, 0.2) is 5.54 Å². The van der Waals surface area contributed by atoms with E-state index >= 15 is 0 Å². The second-order valence-electron chi connectivity index (χ2n) is 2.99. The van der Waals surface area contributed by atoms with Gasteiger partial charge in [0.05, 0.1) is 19.3 Å². The third-order valence-corrected chi connectivity index (χ3v) is 1.48. The predicted molar refractivity (Wildman–Crippen MR) is 37.4 cm³/mol. The van der Waals surface area contributed by atoms with Crippen molar-refractivity contribution in [1.82, 2.24) is 5.32 Å². The van der Waals surface area contributed by atoms with Crippen LogP contribution in [0.5, 0.6) is 0 Å². The van der Waals surface area contributed by atoms with Gasteiger partial charge in [-0.1, -0.05) is 0 Å². The Labute approximate surface area is 61.0 Å². The van der Waals surface area contributed by atoms with E-state index in [0.29, 0.717) is 19.3 Å². The smallest absolute Gasteiger partial charge is 0.153 e. The lowest BCUT2D eigenvalue weighted by molar-refractivity contribution is -0.0470. The van der Waals surface area contributed by atoms with E-state index < -0.39 is 0 Å². The summed E-state index contributed by atoms with van der Waals surface area (Å²) in [4.78, 5) is 0. The van der Waals surface area contributed by atoms with Crippen molar-refractivity contribution in [2.24, 2.45) is 0 Å². The molecule has 0 saturated carbocycles. The fraction of sp³-hybridized carbons (Fsp3) is 0.857. The molecule has 1 aliphatic heterocycles. The number of nitriles is 1. The summed E-state index contributed by atoms with van der Waals surface area (Å²) in [6.45, 7) is 5.11. The highest BCUT2D eigenvalue weighted by atomic mass is 16.5. The van der Waals surface area contributed by atoms with E-state index in [1.807, 2.05) is 13.8 Å². The average Bonchev–Trinajstić information content (AvgIpc) is 1.78. The number of nitrogens with one attached hydrogen (secondary N) is 1. The van der Waals surface area contributed by atoms with Gasteiger partial charge in [0.25, 0.3) is 0 Å². The third-order valence-electron chi connectivity index (χ3n) is 1.48. The molecule has 0 spiro atoms. The fourth-order valence-corrected chi connectivity index (χ4v) is 1.04. The molecule has 3 nitrogen and oxygen atoms in total. The Morgan fingerprint density at radius 2 is 2.20 bits per heavy atom. The van der Waals surface area contributed by atoms with E-state index in [4.69, 9.17) is 10.00 Å². The largest absolute Gasteiger partial charge is 0.375 e. The van der Waals surface area contributed by atoms with Crippen molar-refractivity contribution in [1.29, 1.82) is 5.26 Å². The molecule has 1 fully saturated rings. The van der Waals surface area contributed by atoms with Crippen molar-refractivity contribution in [3.05, 3.63) is 0 Å². The third kappa shape index (κ3) is 1.28. The van der Waals surface area contributed by atoms with Gasteiger partial charge in [-0.3, -0.25) is 5.32 Å². The monoisotopic (exact) mass is 140 g/mol. The zero-order chi connectivity index (χ0) is 7.61. The van der Waals surface area contributed by atoms with Crippen molar-refractivity contribution < 1.29 is 4.74 Å². The van der Waals surface area contributed by atoms with Crippen LogP contribution in [-0.2, 0) is 4.74 Å². The van der Waals surface area contributed by atoms with E-state index in [1.54, 1.807) is 0 Å². The van der Waals surface area contributed by atoms with E-state index in [-0.39, 0.29) is 5.54 Å². The van der Waals surface area contributed by atoms with E-state index in [0.717, 1.165) is 0 Å². The molecule has 1 aliphatic rings. The van der Waals surface area contributed by atoms with Gasteiger partial charge in [0.1, 0.15) is 0 Å². The average molecular weight is 140 g/mol. The Hall–Kier alpha value is -0.590. The minimum Gasteiger partial charge on any atom is -0.375 e. The van der Waals surface area contributed by atoms with Crippen molar-refractivity contribution in [2.75, 3.05) is 13.2 Å². The molecule has 3 heteroatoms. The van der Waals surface area contributed by atoms with Gasteiger partial charge in [-0.2, -0.15) is 5.26 Å². The van der Waals surface area contributed by atoms with Crippen LogP contribution in [0.3, 0.4) is 0 Å². The van der Waals surface area contributed by atoms with E-state index in [1.165, 1.54) is 0 Å². The molecular formula is C7H12N2O. The molecule has 1 saturated heterocycles. The first-order valence-electron chi connectivity index (χ1n) is 3.45. The van der Waals surface area contributed by atoms with Crippen molar-refractivity contribution in [2.45, 2.75) is 25.4 Å². The lowest BCUT2D eigenvalue weighted by atomic mass is 9.99. The Kier molecular flexibility index (Phi) is 1.93. The highest BCUT2D eigenvalue weighted by molar-refractivity contribution is 5.12. The summed E-state index contributed by atoms with van der Waals surface area (Å²) >= 11 is 0. The first-order chi connectivity index (χ1) is 4.68. The van der Waals surface area contributed by atoms with Crippen LogP contribution in [0.2, 0.25) is 0 Å². The summed E-state index contributed by atoms with van der Waals surface area (Å²) in [6, 6.07) is 2.56. The first kappa shape index (κ1) is 7.52. The van der Waals surface area contributed by atoms with Crippen LogP contribution in [0.25, 0.3) is 0 Å². The maximum absolute atomic E-state index is 8.69. The normalized spacial score (nSPS) is 21.8. The van der Waals surface area contributed by atoms with Gasteiger partial charge in [0.2, 0.25) is 0 Å². The van der Waals surface area contributed by atoms with Crippen molar-refractivity contribution in [3.63, 3.8) is 0 Å². The summed E-state index contributed by atoms with van der Waals surface area (Å²) in [7, 11) is 0. The van der Waals surface area contributed by atoms with Crippen LogP contribution in [0, 0.1) is 11.3 Å². The van der Waals surface area contributed by atoms with Gasteiger partial charge in [-0.15, -0.1) is 0 Å². The second kappa shape index (κ2) is 2.57. The lowest BCUT2D eigenvalue weighted by Crippen LogP contribution is -2.61.